The van der Waals surface area contributed by atoms with E-state index in [1.54, 1.807) is 11.3 Å². The molecule has 1 aromatic rings. The molecule has 0 N–H and O–H groups in total. The molecule has 1 aromatic heterocycles. The van der Waals surface area contributed by atoms with Crippen molar-refractivity contribution >= 4 is 32.4 Å². The van der Waals surface area contributed by atoms with Crippen molar-refractivity contribution in [1.82, 2.24) is 4.98 Å². The minimum Gasteiger partial charge on any atom is -0.344 e. The van der Waals surface area contributed by atoms with Crippen LogP contribution in [0.3, 0.4) is 0 Å². The van der Waals surface area contributed by atoms with Crippen LogP contribution < -0.4 is 4.90 Å². The molecule has 14 heavy (non-hydrogen) atoms. The summed E-state index contributed by atoms with van der Waals surface area (Å²) in [7, 11) is 0. The third-order valence-corrected chi connectivity index (χ3v) is 4.38. The number of nitrogens with zero attached hydrogens (tertiary/aromatic N) is 2. The maximum absolute atomic E-state index is 4.63. The van der Waals surface area contributed by atoms with Gasteiger partial charge >= 0.3 is 0 Å². The second-order valence-electron chi connectivity index (χ2n) is 3.62. The molecule has 4 heteroatoms. The number of hydrogen-bond donors (Lipinski definition) is 0. The fourth-order valence-electron chi connectivity index (χ4n) is 1.84. The van der Waals surface area contributed by atoms with Crippen LogP contribution in [0.1, 0.15) is 25.5 Å². The van der Waals surface area contributed by atoms with E-state index in [-0.39, 0.29) is 0 Å². The van der Waals surface area contributed by atoms with Crippen molar-refractivity contribution in [3.05, 3.63) is 11.1 Å². The molecule has 0 amide bonds. The van der Waals surface area contributed by atoms with Crippen molar-refractivity contribution in [2.45, 2.75) is 32.2 Å². The normalized spacial score (nSPS) is 21.9. The number of aromatic nitrogens is 1. The Balaban J connectivity index is 2.13. The van der Waals surface area contributed by atoms with Gasteiger partial charge in [-0.2, -0.15) is 0 Å². The third-order valence-electron chi connectivity index (χ3n) is 2.70. The molecule has 0 aromatic carbocycles. The van der Waals surface area contributed by atoms with Crippen LogP contribution in [-0.4, -0.2) is 22.9 Å². The monoisotopic (exact) mass is 274 g/mol. The summed E-state index contributed by atoms with van der Waals surface area (Å²) in [6, 6.07) is 0.658. The minimum atomic E-state index is 0.658. The van der Waals surface area contributed by atoms with Crippen LogP contribution >= 0.6 is 27.3 Å². The lowest BCUT2D eigenvalue weighted by molar-refractivity contribution is 0.746. The summed E-state index contributed by atoms with van der Waals surface area (Å²) in [5.74, 6) is 0. The van der Waals surface area contributed by atoms with Gasteiger partial charge in [0.1, 0.15) is 0 Å². The summed E-state index contributed by atoms with van der Waals surface area (Å²) in [6.45, 7) is 3.33. The highest BCUT2D eigenvalue weighted by Crippen LogP contribution is 2.29. The Bertz CT molecular complexity index is 300. The molecule has 2 nitrogen and oxygen atoms in total. The molecule has 1 aliphatic heterocycles. The first-order valence-electron chi connectivity index (χ1n) is 5.12. The van der Waals surface area contributed by atoms with Crippen LogP contribution in [-0.2, 0) is 6.42 Å². The van der Waals surface area contributed by atoms with Gasteiger partial charge in [-0.25, -0.2) is 4.98 Å². The van der Waals surface area contributed by atoms with Gasteiger partial charge in [-0.3, -0.25) is 0 Å². The average molecular weight is 275 g/mol. The van der Waals surface area contributed by atoms with E-state index in [1.165, 1.54) is 30.2 Å². The van der Waals surface area contributed by atoms with E-state index in [0.29, 0.717) is 6.04 Å². The highest BCUT2D eigenvalue weighted by atomic mass is 79.9. The smallest absolute Gasteiger partial charge is 0.185 e. The van der Waals surface area contributed by atoms with Gasteiger partial charge in [-0.05, 0) is 19.3 Å². The van der Waals surface area contributed by atoms with Gasteiger partial charge in [-0.1, -0.05) is 22.9 Å². The second-order valence-corrected chi connectivity index (χ2v) is 5.10. The van der Waals surface area contributed by atoms with Crippen LogP contribution in [0.4, 0.5) is 5.13 Å². The number of hydrogen-bond acceptors (Lipinski definition) is 3. The molecule has 1 unspecified atom stereocenters. The van der Waals surface area contributed by atoms with Gasteiger partial charge in [0.05, 0.1) is 5.69 Å². The zero-order valence-electron chi connectivity index (χ0n) is 8.37. The zero-order chi connectivity index (χ0) is 9.97. The third kappa shape index (κ3) is 1.96. The number of alkyl halides is 1. The van der Waals surface area contributed by atoms with Gasteiger partial charge < -0.3 is 4.90 Å². The number of halogens is 1. The summed E-state index contributed by atoms with van der Waals surface area (Å²) in [6.07, 6.45) is 3.65. The number of thiazole rings is 1. The molecule has 1 aliphatic rings. The van der Waals surface area contributed by atoms with Crippen molar-refractivity contribution in [3.8, 4) is 0 Å². The number of aryl methyl sites for hydroxylation is 1. The quantitative estimate of drug-likeness (QED) is 0.788. The summed E-state index contributed by atoms with van der Waals surface area (Å²) in [5.41, 5.74) is 1.23. The molecule has 0 aliphatic carbocycles. The van der Waals surface area contributed by atoms with Gasteiger partial charge in [-0.15, -0.1) is 11.3 Å². The molecule has 0 spiro atoms. The first-order valence-corrected chi connectivity index (χ1v) is 7.12. The first-order chi connectivity index (χ1) is 6.85. The zero-order valence-corrected chi connectivity index (χ0v) is 10.8. The molecule has 2 heterocycles. The highest BCUT2D eigenvalue weighted by Gasteiger charge is 2.25. The lowest BCUT2D eigenvalue weighted by Gasteiger charge is -2.21. The predicted octanol–water partition coefficient (Wildman–Crippen LogP) is 3.07. The van der Waals surface area contributed by atoms with Crippen LogP contribution in [0.2, 0.25) is 0 Å². The summed E-state index contributed by atoms with van der Waals surface area (Å²) >= 11 is 5.36. The van der Waals surface area contributed by atoms with E-state index in [1.807, 2.05) is 0 Å². The van der Waals surface area contributed by atoms with Crippen molar-refractivity contribution in [3.63, 3.8) is 0 Å². The van der Waals surface area contributed by atoms with Crippen molar-refractivity contribution < 1.29 is 0 Å². The van der Waals surface area contributed by atoms with Crippen molar-refractivity contribution in [2.75, 3.05) is 16.8 Å². The highest BCUT2D eigenvalue weighted by molar-refractivity contribution is 9.09. The molecule has 0 radical (unpaired) electrons. The first kappa shape index (κ1) is 10.4. The Morgan fingerprint density at radius 1 is 1.71 bits per heavy atom. The van der Waals surface area contributed by atoms with E-state index < -0.39 is 0 Å². The van der Waals surface area contributed by atoms with Gasteiger partial charge in [0.2, 0.25) is 0 Å². The molecule has 78 valence electrons. The van der Waals surface area contributed by atoms with Gasteiger partial charge in [0.25, 0.3) is 0 Å². The fourth-order valence-corrected chi connectivity index (χ4v) is 3.52. The summed E-state index contributed by atoms with van der Waals surface area (Å²) in [5, 5.41) is 4.45. The number of rotatable bonds is 3. The SMILES string of the molecule is CCc1csc(N2CCCC2CBr)n1. The van der Waals surface area contributed by atoms with Crippen LogP contribution in [0.5, 0.6) is 0 Å². The van der Waals surface area contributed by atoms with E-state index in [9.17, 15) is 0 Å². The maximum atomic E-state index is 4.63. The van der Waals surface area contributed by atoms with E-state index in [2.05, 4.69) is 38.1 Å². The van der Waals surface area contributed by atoms with Gasteiger partial charge in [0.15, 0.2) is 5.13 Å². The van der Waals surface area contributed by atoms with Crippen LogP contribution in [0, 0.1) is 0 Å². The molecule has 1 atom stereocenters. The number of anilines is 1. The molecule has 2 rings (SSSR count). The minimum absolute atomic E-state index is 0.658. The van der Waals surface area contributed by atoms with E-state index >= 15 is 0 Å². The standard InChI is InChI=1S/C10H15BrN2S/c1-2-8-7-14-10(12-8)13-5-3-4-9(13)6-11/h7,9H,2-6H2,1H3. The van der Waals surface area contributed by atoms with E-state index in [0.717, 1.165) is 11.8 Å². The topological polar surface area (TPSA) is 16.1 Å². The molecular weight excluding hydrogens is 260 g/mol. The van der Waals surface area contributed by atoms with Crippen LogP contribution in [0.25, 0.3) is 0 Å². The second kappa shape index (κ2) is 4.62. The Kier molecular flexibility index (Phi) is 3.44. The largest absolute Gasteiger partial charge is 0.344 e. The summed E-state index contributed by atoms with van der Waals surface area (Å²) < 4.78 is 0. The Labute approximate surface area is 97.5 Å². The summed E-state index contributed by atoms with van der Waals surface area (Å²) in [4.78, 5) is 7.08. The lowest BCUT2D eigenvalue weighted by atomic mass is 10.2. The predicted molar refractivity (Wildman–Crippen MR) is 65.7 cm³/mol. The molecule has 0 saturated carbocycles. The van der Waals surface area contributed by atoms with Crippen molar-refractivity contribution in [2.24, 2.45) is 0 Å². The fraction of sp³-hybridized carbons (Fsp3) is 0.700. The van der Waals surface area contributed by atoms with Crippen LogP contribution in [0.15, 0.2) is 5.38 Å². The average Bonchev–Trinajstić information content (AvgIpc) is 2.85. The Morgan fingerprint density at radius 2 is 2.57 bits per heavy atom. The molecule has 0 bridgehead atoms. The maximum Gasteiger partial charge on any atom is 0.185 e. The van der Waals surface area contributed by atoms with E-state index in [4.69, 9.17) is 0 Å². The van der Waals surface area contributed by atoms with Gasteiger partial charge in [0, 0.05) is 23.3 Å². The lowest BCUT2D eigenvalue weighted by Crippen LogP contribution is -2.30. The molecule has 1 saturated heterocycles. The van der Waals surface area contributed by atoms with Crippen molar-refractivity contribution in [1.29, 1.82) is 0 Å². The molecular formula is C10H15BrN2S. The Hall–Kier alpha value is -0.0900. The Morgan fingerprint density at radius 3 is 3.21 bits per heavy atom. The molecule has 1 fully saturated rings.